The molecule has 2 unspecified atom stereocenters. The fourth-order valence-corrected chi connectivity index (χ4v) is 7.31. The second kappa shape index (κ2) is 9.68. The standard InChI is InChI=1S/C26H23ClF2N2O5S/c27-18-6-8-20(9-7-18)36-24-22(28)12-21(13-23(24)29)37(34,35)31-19-10-11-26(31,25(32)33)16-30(15-19)14-17-4-2-1-3-5-17/h1-9,12-13,19H,10-11,14-16H2,(H,32,33). The van der Waals surface area contributed by atoms with Crippen molar-refractivity contribution < 1.29 is 31.8 Å². The lowest BCUT2D eigenvalue weighted by atomic mass is 9.97. The summed E-state index contributed by atoms with van der Waals surface area (Å²) in [6.07, 6.45) is 0.416. The summed E-state index contributed by atoms with van der Waals surface area (Å²) in [6, 6.07) is 15.9. The minimum atomic E-state index is -4.57. The Kier molecular flexibility index (Phi) is 6.70. The number of rotatable bonds is 7. The number of hydrogen-bond donors (Lipinski definition) is 1. The Balaban J connectivity index is 1.46. The van der Waals surface area contributed by atoms with Crippen molar-refractivity contribution in [2.24, 2.45) is 0 Å². The summed E-state index contributed by atoms with van der Waals surface area (Å²) in [5, 5.41) is 10.6. The average Bonchev–Trinajstić information content (AvgIpc) is 3.12. The van der Waals surface area contributed by atoms with Crippen LogP contribution >= 0.6 is 11.6 Å². The maximum Gasteiger partial charge on any atom is 0.326 e. The van der Waals surface area contributed by atoms with E-state index in [1.807, 2.05) is 35.2 Å². The van der Waals surface area contributed by atoms with Gasteiger partial charge in [-0.3, -0.25) is 9.69 Å². The van der Waals surface area contributed by atoms with Gasteiger partial charge in [0, 0.05) is 30.7 Å². The van der Waals surface area contributed by atoms with Crippen molar-refractivity contribution in [2.45, 2.75) is 35.9 Å². The number of fused-ring (bicyclic) bond motifs is 2. The van der Waals surface area contributed by atoms with E-state index >= 15 is 0 Å². The molecule has 0 aliphatic carbocycles. The maximum absolute atomic E-state index is 14.9. The van der Waals surface area contributed by atoms with Crippen molar-refractivity contribution in [3.05, 3.63) is 89.0 Å². The van der Waals surface area contributed by atoms with Crippen molar-refractivity contribution in [1.82, 2.24) is 9.21 Å². The predicted octanol–water partition coefficient (Wildman–Crippen LogP) is 4.90. The number of nitrogens with zero attached hydrogens (tertiary/aromatic N) is 2. The topological polar surface area (TPSA) is 87.2 Å². The molecule has 3 aromatic carbocycles. The molecule has 2 heterocycles. The number of ether oxygens (including phenoxy) is 1. The zero-order valence-electron chi connectivity index (χ0n) is 19.5. The van der Waals surface area contributed by atoms with Crippen LogP contribution in [0.3, 0.4) is 0 Å². The zero-order chi connectivity index (χ0) is 26.4. The quantitative estimate of drug-likeness (QED) is 0.452. The Morgan fingerprint density at radius 1 is 1.08 bits per heavy atom. The van der Waals surface area contributed by atoms with Gasteiger partial charge in [-0.2, -0.15) is 4.31 Å². The Morgan fingerprint density at radius 3 is 2.35 bits per heavy atom. The molecule has 0 radical (unpaired) electrons. The lowest BCUT2D eigenvalue weighted by Gasteiger charge is -2.45. The molecule has 2 atom stereocenters. The van der Waals surface area contributed by atoms with Crippen molar-refractivity contribution >= 4 is 27.6 Å². The van der Waals surface area contributed by atoms with Gasteiger partial charge in [0.1, 0.15) is 11.3 Å². The molecule has 1 N–H and O–H groups in total. The van der Waals surface area contributed by atoms with Gasteiger partial charge in [-0.1, -0.05) is 41.9 Å². The highest BCUT2D eigenvalue weighted by molar-refractivity contribution is 7.89. The van der Waals surface area contributed by atoms with E-state index in [4.69, 9.17) is 16.3 Å². The molecule has 2 aliphatic heterocycles. The van der Waals surface area contributed by atoms with Crippen molar-refractivity contribution in [1.29, 1.82) is 0 Å². The molecule has 0 amide bonds. The first-order chi connectivity index (χ1) is 17.6. The molecular formula is C26H23ClF2N2O5S. The third-order valence-electron chi connectivity index (χ3n) is 6.81. The molecule has 0 aromatic heterocycles. The van der Waals surface area contributed by atoms with Gasteiger partial charge in [0.05, 0.1) is 4.90 Å². The van der Waals surface area contributed by atoms with Gasteiger partial charge in [0.15, 0.2) is 17.4 Å². The lowest BCUT2D eigenvalue weighted by molar-refractivity contribution is -0.150. The number of benzene rings is 3. The number of sulfonamides is 1. The van der Waals surface area contributed by atoms with Crippen molar-refractivity contribution in [2.75, 3.05) is 13.1 Å². The third kappa shape index (κ3) is 4.70. The molecular weight excluding hydrogens is 526 g/mol. The number of hydrogen-bond acceptors (Lipinski definition) is 5. The summed E-state index contributed by atoms with van der Waals surface area (Å²) in [5.41, 5.74) is -0.777. The zero-order valence-corrected chi connectivity index (χ0v) is 21.1. The smallest absolute Gasteiger partial charge is 0.326 e. The summed E-state index contributed by atoms with van der Waals surface area (Å²) in [7, 11) is -4.57. The van der Waals surface area contributed by atoms with Crippen molar-refractivity contribution in [3.63, 3.8) is 0 Å². The van der Waals surface area contributed by atoms with Crippen LogP contribution in [0, 0.1) is 11.6 Å². The molecule has 2 bridgehead atoms. The first kappa shape index (κ1) is 25.6. The van der Waals surface area contributed by atoms with Gasteiger partial charge in [0.25, 0.3) is 0 Å². The molecule has 5 rings (SSSR count). The Bertz CT molecular complexity index is 1420. The Labute approximate surface area is 217 Å². The summed E-state index contributed by atoms with van der Waals surface area (Å²) in [4.78, 5) is 13.8. The van der Waals surface area contributed by atoms with E-state index in [1.54, 1.807) is 0 Å². The number of carboxylic acids is 1. The number of likely N-dealkylation sites (tertiary alicyclic amines) is 1. The Hall–Kier alpha value is -3.05. The van der Waals surface area contributed by atoms with Crippen LogP contribution in [0.5, 0.6) is 11.5 Å². The van der Waals surface area contributed by atoms with E-state index < -0.39 is 49.9 Å². The summed E-state index contributed by atoms with van der Waals surface area (Å²) in [6.45, 7) is 0.710. The first-order valence-electron chi connectivity index (χ1n) is 11.6. The van der Waals surface area contributed by atoms with E-state index in [-0.39, 0.29) is 18.7 Å². The van der Waals surface area contributed by atoms with Gasteiger partial charge in [-0.05, 0) is 54.8 Å². The van der Waals surface area contributed by atoms with E-state index in [0.717, 1.165) is 9.87 Å². The molecule has 2 fully saturated rings. The summed E-state index contributed by atoms with van der Waals surface area (Å²) >= 11 is 5.81. The van der Waals surface area contributed by atoms with Crippen LogP contribution in [0.2, 0.25) is 5.02 Å². The van der Waals surface area contributed by atoms with Crippen LogP contribution in [0.25, 0.3) is 0 Å². The molecule has 0 saturated carbocycles. The normalized spacial score (nSPS) is 22.2. The number of carbonyl (C=O) groups is 1. The monoisotopic (exact) mass is 548 g/mol. The van der Waals surface area contributed by atoms with Crippen LogP contribution < -0.4 is 4.74 Å². The molecule has 11 heteroatoms. The highest BCUT2D eigenvalue weighted by Gasteiger charge is 2.61. The van der Waals surface area contributed by atoms with Crippen LogP contribution in [0.15, 0.2) is 71.6 Å². The van der Waals surface area contributed by atoms with E-state index in [1.165, 1.54) is 24.3 Å². The molecule has 7 nitrogen and oxygen atoms in total. The molecule has 194 valence electrons. The number of aliphatic carboxylic acids is 1. The lowest BCUT2D eigenvalue weighted by Crippen LogP contribution is -2.66. The second-order valence-electron chi connectivity index (χ2n) is 9.26. The highest BCUT2D eigenvalue weighted by Crippen LogP contribution is 2.44. The minimum absolute atomic E-state index is 0.0459. The average molecular weight is 549 g/mol. The number of carboxylic acid groups (broad SMARTS) is 1. The largest absolute Gasteiger partial charge is 0.480 e. The maximum atomic E-state index is 14.9. The molecule has 2 aliphatic rings. The molecule has 2 saturated heterocycles. The molecule has 0 spiro atoms. The van der Waals surface area contributed by atoms with E-state index in [0.29, 0.717) is 36.7 Å². The predicted molar refractivity (Wildman–Crippen MR) is 132 cm³/mol. The van der Waals surface area contributed by atoms with Crippen LogP contribution in [-0.4, -0.2) is 53.4 Å². The van der Waals surface area contributed by atoms with Gasteiger partial charge < -0.3 is 9.84 Å². The highest BCUT2D eigenvalue weighted by atomic mass is 35.5. The minimum Gasteiger partial charge on any atom is -0.480 e. The van der Waals surface area contributed by atoms with Crippen LogP contribution in [0.4, 0.5) is 8.78 Å². The molecule has 37 heavy (non-hydrogen) atoms. The van der Waals surface area contributed by atoms with Crippen LogP contribution in [0.1, 0.15) is 18.4 Å². The molecule has 3 aromatic rings. The fourth-order valence-electron chi connectivity index (χ4n) is 5.20. The second-order valence-corrected chi connectivity index (χ2v) is 11.5. The summed E-state index contributed by atoms with van der Waals surface area (Å²) in [5.74, 6) is -4.42. The summed E-state index contributed by atoms with van der Waals surface area (Å²) < 4.78 is 63.5. The fraction of sp³-hybridized carbons (Fsp3) is 0.269. The van der Waals surface area contributed by atoms with Gasteiger partial charge in [0.2, 0.25) is 10.0 Å². The van der Waals surface area contributed by atoms with Gasteiger partial charge in [-0.25, -0.2) is 17.2 Å². The first-order valence-corrected chi connectivity index (χ1v) is 13.4. The van der Waals surface area contributed by atoms with E-state index in [2.05, 4.69) is 0 Å². The van der Waals surface area contributed by atoms with Gasteiger partial charge in [-0.15, -0.1) is 0 Å². The van der Waals surface area contributed by atoms with Crippen molar-refractivity contribution in [3.8, 4) is 11.5 Å². The number of halogens is 3. The third-order valence-corrected chi connectivity index (χ3v) is 9.06. The Morgan fingerprint density at radius 2 is 1.73 bits per heavy atom. The SMILES string of the molecule is O=C(O)C12CCC(CN(Cc3ccccc3)C1)N2S(=O)(=O)c1cc(F)c(Oc2ccc(Cl)cc2)c(F)c1. The van der Waals surface area contributed by atoms with Gasteiger partial charge >= 0.3 is 5.97 Å². The number of piperazine rings is 1. The van der Waals surface area contributed by atoms with E-state index in [9.17, 15) is 27.1 Å². The van der Waals surface area contributed by atoms with Crippen LogP contribution in [-0.2, 0) is 21.4 Å².